The van der Waals surface area contributed by atoms with Gasteiger partial charge in [0.1, 0.15) is 0 Å². The van der Waals surface area contributed by atoms with Crippen LogP contribution in [0.25, 0.3) is 0 Å². The Bertz CT molecular complexity index is 517. The highest BCUT2D eigenvalue weighted by molar-refractivity contribution is 7.90. The van der Waals surface area contributed by atoms with E-state index >= 15 is 0 Å². The number of hydrogen-bond acceptors (Lipinski definition) is 3. The molecule has 0 atom stereocenters. The van der Waals surface area contributed by atoms with E-state index in [0.29, 0.717) is 23.7 Å². The van der Waals surface area contributed by atoms with Gasteiger partial charge in [-0.15, -0.1) is 6.42 Å². The Labute approximate surface area is 101 Å². The molecule has 0 aliphatic rings. The minimum absolute atomic E-state index is 0.240. The van der Waals surface area contributed by atoms with Crippen molar-refractivity contribution in [3.8, 4) is 12.3 Å². The molecular weight excluding hydrogens is 246 g/mol. The number of rotatable bonds is 4. The molecule has 1 aromatic carbocycles. The van der Waals surface area contributed by atoms with Crippen LogP contribution in [0.1, 0.15) is 5.56 Å². The van der Waals surface area contributed by atoms with Gasteiger partial charge in [-0.2, -0.15) is 0 Å². The van der Waals surface area contributed by atoms with Crippen LogP contribution in [-0.2, 0) is 16.4 Å². The van der Waals surface area contributed by atoms with Crippen molar-refractivity contribution in [2.24, 2.45) is 0 Å². The summed E-state index contributed by atoms with van der Waals surface area (Å²) >= 11 is 5.96. The lowest BCUT2D eigenvalue weighted by molar-refractivity contribution is 0.599. The third-order valence-electron chi connectivity index (χ3n) is 2.00. The van der Waals surface area contributed by atoms with Crippen LogP contribution in [0.3, 0.4) is 0 Å². The molecule has 1 aromatic rings. The summed E-state index contributed by atoms with van der Waals surface area (Å²) in [7, 11) is -3.27. The Hall–Kier alpha value is -1.02. The van der Waals surface area contributed by atoms with Crippen LogP contribution in [0.4, 0.5) is 0 Å². The molecule has 0 saturated heterocycles. The van der Waals surface area contributed by atoms with E-state index in [1.165, 1.54) is 6.07 Å². The van der Waals surface area contributed by atoms with Crippen LogP contribution < -0.4 is 5.32 Å². The van der Waals surface area contributed by atoms with Crippen molar-refractivity contribution in [2.45, 2.75) is 11.4 Å². The Morgan fingerprint density at radius 2 is 2.19 bits per heavy atom. The number of sulfone groups is 1. The van der Waals surface area contributed by atoms with Gasteiger partial charge in [0.05, 0.1) is 11.4 Å². The summed E-state index contributed by atoms with van der Waals surface area (Å²) in [5, 5.41) is 3.34. The van der Waals surface area contributed by atoms with Crippen LogP contribution in [0, 0.1) is 12.3 Å². The lowest BCUT2D eigenvalue weighted by Gasteiger charge is -2.09. The highest BCUT2D eigenvalue weighted by Crippen LogP contribution is 2.23. The standard InChI is InChI=1S/C11H12ClNO2S/c1-3-7-13-8-9-10(12)5-4-6-11(9)16(2,14)15/h1,4-6,13H,7-8H2,2H3. The van der Waals surface area contributed by atoms with Gasteiger partial charge in [-0.05, 0) is 12.1 Å². The zero-order valence-corrected chi connectivity index (χ0v) is 10.4. The number of nitrogens with one attached hydrogen (secondary N) is 1. The van der Waals surface area contributed by atoms with E-state index in [1.807, 2.05) is 0 Å². The molecule has 0 fully saturated rings. The second kappa shape index (κ2) is 5.35. The molecule has 1 rings (SSSR count). The quantitative estimate of drug-likeness (QED) is 0.656. The van der Waals surface area contributed by atoms with Crippen LogP contribution >= 0.6 is 11.6 Å². The molecule has 0 unspecified atom stereocenters. The molecule has 0 bridgehead atoms. The van der Waals surface area contributed by atoms with Gasteiger partial charge in [-0.3, -0.25) is 0 Å². The highest BCUT2D eigenvalue weighted by atomic mass is 35.5. The van der Waals surface area contributed by atoms with E-state index in [9.17, 15) is 8.42 Å². The number of terminal acetylenes is 1. The molecule has 3 nitrogen and oxygen atoms in total. The summed E-state index contributed by atoms with van der Waals surface area (Å²) in [6.45, 7) is 0.709. The molecule has 0 heterocycles. The van der Waals surface area contributed by atoms with E-state index in [2.05, 4.69) is 11.2 Å². The first-order chi connectivity index (χ1) is 7.46. The molecule has 0 radical (unpaired) electrons. The predicted molar refractivity (Wildman–Crippen MR) is 65.1 cm³/mol. The Balaban J connectivity index is 3.11. The lowest BCUT2D eigenvalue weighted by atomic mass is 10.2. The molecule has 0 aromatic heterocycles. The Morgan fingerprint density at radius 3 is 2.75 bits per heavy atom. The number of benzene rings is 1. The molecule has 0 spiro atoms. The number of halogens is 1. The van der Waals surface area contributed by atoms with Crippen molar-refractivity contribution < 1.29 is 8.42 Å². The first-order valence-electron chi connectivity index (χ1n) is 4.58. The van der Waals surface area contributed by atoms with Gasteiger partial charge in [0, 0.05) is 23.4 Å². The van der Waals surface area contributed by atoms with Crippen molar-refractivity contribution in [1.29, 1.82) is 0 Å². The average molecular weight is 258 g/mol. The lowest BCUT2D eigenvalue weighted by Crippen LogP contribution is -2.16. The van der Waals surface area contributed by atoms with Crippen molar-refractivity contribution in [3.63, 3.8) is 0 Å². The predicted octanol–water partition coefficient (Wildman–Crippen LogP) is 1.47. The minimum Gasteiger partial charge on any atom is -0.302 e. The normalized spacial score (nSPS) is 11.1. The molecule has 0 amide bonds. The summed E-state index contributed by atoms with van der Waals surface area (Å²) < 4.78 is 23.0. The molecular formula is C11H12ClNO2S. The fraction of sp³-hybridized carbons (Fsp3) is 0.273. The third kappa shape index (κ3) is 3.24. The van der Waals surface area contributed by atoms with Gasteiger partial charge in [-0.1, -0.05) is 23.6 Å². The second-order valence-corrected chi connectivity index (χ2v) is 5.69. The molecule has 1 N–H and O–H groups in total. The summed E-state index contributed by atoms with van der Waals surface area (Å²) in [6.07, 6.45) is 6.25. The topological polar surface area (TPSA) is 46.2 Å². The van der Waals surface area contributed by atoms with Gasteiger partial charge in [0.2, 0.25) is 0 Å². The minimum atomic E-state index is -3.27. The van der Waals surface area contributed by atoms with Gasteiger partial charge in [0.25, 0.3) is 0 Å². The van der Waals surface area contributed by atoms with E-state index in [4.69, 9.17) is 18.0 Å². The largest absolute Gasteiger partial charge is 0.302 e. The summed E-state index contributed by atoms with van der Waals surface area (Å²) in [4.78, 5) is 0.240. The van der Waals surface area contributed by atoms with Crippen molar-refractivity contribution >= 4 is 21.4 Å². The fourth-order valence-corrected chi connectivity index (χ4v) is 2.57. The van der Waals surface area contributed by atoms with E-state index < -0.39 is 9.84 Å². The van der Waals surface area contributed by atoms with Gasteiger partial charge < -0.3 is 5.32 Å². The van der Waals surface area contributed by atoms with E-state index in [-0.39, 0.29) is 4.90 Å². The van der Waals surface area contributed by atoms with Crippen molar-refractivity contribution in [1.82, 2.24) is 5.32 Å². The van der Waals surface area contributed by atoms with Gasteiger partial charge in [0.15, 0.2) is 9.84 Å². The first kappa shape index (κ1) is 13.0. The Morgan fingerprint density at radius 1 is 1.50 bits per heavy atom. The molecule has 0 aliphatic carbocycles. The maximum Gasteiger partial charge on any atom is 0.175 e. The molecule has 0 aliphatic heterocycles. The average Bonchev–Trinajstić information content (AvgIpc) is 2.19. The first-order valence-corrected chi connectivity index (χ1v) is 6.85. The highest BCUT2D eigenvalue weighted by Gasteiger charge is 2.14. The van der Waals surface area contributed by atoms with Crippen LogP contribution in [0.5, 0.6) is 0 Å². The van der Waals surface area contributed by atoms with E-state index in [1.54, 1.807) is 12.1 Å². The Kier molecular flexibility index (Phi) is 4.36. The van der Waals surface area contributed by atoms with Crippen LogP contribution in [-0.4, -0.2) is 21.2 Å². The van der Waals surface area contributed by atoms with Crippen LogP contribution in [0.2, 0.25) is 5.02 Å². The smallest absolute Gasteiger partial charge is 0.175 e. The SMILES string of the molecule is C#CCNCc1c(Cl)cccc1S(C)(=O)=O. The van der Waals surface area contributed by atoms with Crippen molar-refractivity contribution in [3.05, 3.63) is 28.8 Å². The molecule has 16 heavy (non-hydrogen) atoms. The zero-order chi connectivity index (χ0) is 12.2. The maximum absolute atomic E-state index is 11.5. The summed E-state index contributed by atoms with van der Waals surface area (Å²) in [5.41, 5.74) is 0.557. The van der Waals surface area contributed by atoms with Gasteiger partial charge >= 0.3 is 0 Å². The van der Waals surface area contributed by atoms with E-state index in [0.717, 1.165) is 6.26 Å². The summed E-state index contributed by atoms with van der Waals surface area (Å²) in [6, 6.07) is 4.81. The fourth-order valence-electron chi connectivity index (χ4n) is 1.32. The second-order valence-electron chi connectivity index (χ2n) is 3.30. The van der Waals surface area contributed by atoms with Crippen molar-refractivity contribution in [2.75, 3.05) is 12.8 Å². The molecule has 86 valence electrons. The van der Waals surface area contributed by atoms with Gasteiger partial charge in [-0.25, -0.2) is 8.42 Å². The number of hydrogen-bond donors (Lipinski definition) is 1. The summed E-state index contributed by atoms with van der Waals surface area (Å²) in [5.74, 6) is 2.41. The molecule has 0 saturated carbocycles. The third-order valence-corrected chi connectivity index (χ3v) is 3.54. The van der Waals surface area contributed by atoms with Crippen LogP contribution in [0.15, 0.2) is 23.1 Å². The zero-order valence-electron chi connectivity index (χ0n) is 8.83. The maximum atomic E-state index is 11.5. The molecule has 5 heteroatoms. The monoisotopic (exact) mass is 257 g/mol.